The van der Waals surface area contributed by atoms with Crippen molar-refractivity contribution in [2.45, 2.75) is 25.8 Å². The molecule has 3 heterocycles. The van der Waals surface area contributed by atoms with Gasteiger partial charge in [0.25, 0.3) is 0 Å². The number of benzene rings is 2. The van der Waals surface area contributed by atoms with Crippen molar-refractivity contribution in [3.8, 4) is 34.5 Å². The standard InChI is InChI=1S/C23H23N3O6/c1-14(15-3-5-17-19(11-15)29-10-9-28-17)26(2)22(27)8-7-21-24-25-23(32-21)16-4-6-18-20(12-16)31-13-30-18/h3-6,11-12,14H,7-10,13H2,1-2H3. The zero-order chi connectivity index (χ0) is 22.1. The molecule has 32 heavy (non-hydrogen) atoms. The number of ether oxygens (including phenoxy) is 4. The van der Waals surface area contributed by atoms with Crippen LogP contribution in [0.25, 0.3) is 11.5 Å². The minimum Gasteiger partial charge on any atom is -0.486 e. The third-order valence-corrected chi connectivity index (χ3v) is 5.66. The molecule has 0 aliphatic carbocycles. The van der Waals surface area contributed by atoms with E-state index in [-0.39, 0.29) is 25.2 Å². The fourth-order valence-corrected chi connectivity index (χ4v) is 3.65. The number of carbonyl (C=O) groups excluding carboxylic acids is 1. The minimum absolute atomic E-state index is 0.0183. The number of hydrogen-bond acceptors (Lipinski definition) is 8. The lowest BCUT2D eigenvalue weighted by atomic mass is 10.1. The molecule has 1 atom stereocenters. The van der Waals surface area contributed by atoms with E-state index in [1.54, 1.807) is 24.1 Å². The molecule has 2 aromatic carbocycles. The number of aromatic nitrogens is 2. The van der Waals surface area contributed by atoms with Gasteiger partial charge in [0.15, 0.2) is 23.0 Å². The first-order valence-corrected chi connectivity index (χ1v) is 10.5. The summed E-state index contributed by atoms with van der Waals surface area (Å²) in [5.74, 6) is 3.55. The van der Waals surface area contributed by atoms with Crippen molar-refractivity contribution in [3.63, 3.8) is 0 Å². The van der Waals surface area contributed by atoms with Crippen LogP contribution >= 0.6 is 0 Å². The molecule has 5 rings (SSSR count). The van der Waals surface area contributed by atoms with Crippen LogP contribution in [0.15, 0.2) is 40.8 Å². The molecule has 166 valence electrons. The maximum Gasteiger partial charge on any atom is 0.247 e. The molecule has 9 nitrogen and oxygen atoms in total. The molecule has 0 radical (unpaired) electrons. The van der Waals surface area contributed by atoms with Gasteiger partial charge in [0.2, 0.25) is 24.5 Å². The Morgan fingerprint density at radius 3 is 2.56 bits per heavy atom. The Kier molecular flexibility index (Phi) is 5.30. The Balaban J connectivity index is 1.20. The molecule has 2 aliphatic rings. The van der Waals surface area contributed by atoms with Gasteiger partial charge in [-0.05, 0) is 42.8 Å². The van der Waals surface area contributed by atoms with Crippen LogP contribution in [-0.2, 0) is 11.2 Å². The van der Waals surface area contributed by atoms with Gasteiger partial charge in [0, 0.05) is 25.5 Å². The summed E-state index contributed by atoms with van der Waals surface area (Å²) in [4.78, 5) is 14.5. The molecule has 3 aromatic rings. The van der Waals surface area contributed by atoms with Crippen molar-refractivity contribution in [1.82, 2.24) is 15.1 Å². The van der Waals surface area contributed by atoms with Crippen molar-refractivity contribution in [2.24, 2.45) is 0 Å². The van der Waals surface area contributed by atoms with Gasteiger partial charge in [-0.1, -0.05) is 6.07 Å². The van der Waals surface area contributed by atoms with E-state index in [0.717, 1.165) is 16.9 Å². The number of hydrogen-bond donors (Lipinski definition) is 0. The van der Waals surface area contributed by atoms with E-state index in [1.165, 1.54) is 0 Å². The fraction of sp³-hybridized carbons (Fsp3) is 0.348. The van der Waals surface area contributed by atoms with E-state index < -0.39 is 0 Å². The number of amides is 1. The third kappa shape index (κ3) is 3.93. The zero-order valence-corrected chi connectivity index (χ0v) is 17.9. The molecule has 2 aliphatic heterocycles. The van der Waals surface area contributed by atoms with Crippen molar-refractivity contribution in [2.75, 3.05) is 27.1 Å². The first-order chi connectivity index (χ1) is 15.6. The molecule has 0 bridgehead atoms. The van der Waals surface area contributed by atoms with Gasteiger partial charge in [-0.25, -0.2) is 0 Å². The van der Waals surface area contributed by atoms with Crippen LogP contribution in [0.5, 0.6) is 23.0 Å². The second-order valence-corrected chi connectivity index (χ2v) is 7.65. The molecular formula is C23H23N3O6. The van der Waals surface area contributed by atoms with Gasteiger partial charge in [-0.15, -0.1) is 10.2 Å². The summed E-state index contributed by atoms with van der Waals surface area (Å²) < 4.78 is 27.7. The SMILES string of the molecule is CC(c1ccc2c(c1)OCCO2)N(C)C(=O)CCc1nnc(-c2ccc3c(c2)OCO3)o1. The molecular weight excluding hydrogens is 414 g/mol. The highest BCUT2D eigenvalue weighted by atomic mass is 16.7. The monoisotopic (exact) mass is 437 g/mol. The molecule has 1 unspecified atom stereocenters. The lowest BCUT2D eigenvalue weighted by molar-refractivity contribution is -0.131. The van der Waals surface area contributed by atoms with E-state index in [4.69, 9.17) is 23.4 Å². The zero-order valence-electron chi connectivity index (χ0n) is 17.9. The number of nitrogens with zero attached hydrogens (tertiary/aromatic N) is 3. The largest absolute Gasteiger partial charge is 0.486 e. The smallest absolute Gasteiger partial charge is 0.247 e. The number of carbonyl (C=O) groups is 1. The lowest BCUT2D eigenvalue weighted by Crippen LogP contribution is -2.30. The quantitative estimate of drug-likeness (QED) is 0.579. The normalized spacial score (nSPS) is 14.8. The number of fused-ring (bicyclic) bond motifs is 2. The second-order valence-electron chi connectivity index (χ2n) is 7.65. The molecule has 0 N–H and O–H groups in total. The molecule has 0 saturated heterocycles. The average Bonchev–Trinajstić information content (AvgIpc) is 3.50. The molecule has 0 fully saturated rings. The average molecular weight is 437 g/mol. The number of rotatable bonds is 6. The highest BCUT2D eigenvalue weighted by Crippen LogP contribution is 2.36. The van der Waals surface area contributed by atoms with Gasteiger partial charge in [0.1, 0.15) is 13.2 Å². The summed E-state index contributed by atoms with van der Waals surface area (Å²) in [7, 11) is 1.79. The van der Waals surface area contributed by atoms with Gasteiger partial charge < -0.3 is 28.3 Å². The summed E-state index contributed by atoms with van der Waals surface area (Å²) >= 11 is 0. The Hall–Kier alpha value is -3.75. The van der Waals surface area contributed by atoms with Gasteiger partial charge in [-0.2, -0.15) is 0 Å². The summed E-state index contributed by atoms with van der Waals surface area (Å²) in [6.07, 6.45) is 0.614. The topological polar surface area (TPSA) is 96.2 Å². The Labute approximate surface area is 184 Å². The minimum atomic E-state index is -0.120. The predicted octanol–water partition coefficient (Wildman–Crippen LogP) is 3.39. The van der Waals surface area contributed by atoms with Crippen molar-refractivity contribution < 1.29 is 28.2 Å². The van der Waals surface area contributed by atoms with Crippen molar-refractivity contribution >= 4 is 5.91 Å². The van der Waals surface area contributed by atoms with E-state index in [0.29, 0.717) is 48.7 Å². The molecule has 0 saturated carbocycles. The second kappa shape index (κ2) is 8.41. The van der Waals surface area contributed by atoms with Gasteiger partial charge in [-0.3, -0.25) is 4.79 Å². The van der Waals surface area contributed by atoms with Crippen LogP contribution in [0.4, 0.5) is 0 Å². The Morgan fingerprint density at radius 1 is 0.969 bits per heavy atom. The van der Waals surface area contributed by atoms with Gasteiger partial charge >= 0.3 is 0 Å². The summed E-state index contributed by atoms with van der Waals surface area (Å²) in [6, 6.07) is 11.1. The Morgan fingerprint density at radius 2 is 1.69 bits per heavy atom. The fourth-order valence-electron chi connectivity index (χ4n) is 3.65. The highest BCUT2D eigenvalue weighted by Gasteiger charge is 2.21. The van der Waals surface area contributed by atoms with Crippen molar-refractivity contribution in [3.05, 3.63) is 47.9 Å². The molecule has 9 heteroatoms. The summed E-state index contributed by atoms with van der Waals surface area (Å²) in [5.41, 5.74) is 1.72. The maximum absolute atomic E-state index is 12.8. The lowest BCUT2D eigenvalue weighted by Gasteiger charge is -2.27. The van der Waals surface area contributed by atoms with Gasteiger partial charge in [0.05, 0.1) is 6.04 Å². The predicted molar refractivity (Wildman–Crippen MR) is 113 cm³/mol. The van der Waals surface area contributed by atoms with E-state index >= 15 is 0 Å². The van der Waals surface area contributed by atoms with Crippen LogP contribution in [-0.4, -0.2) is 48.1 Å². The summed E-state index contributed by atoms with van der Waals surface area (Å²) in [6.45, 7) is 3.26. The first kappa shape index (κ1) is 20.2. The maximum atomic E-state index is 12.8. The Bertz CT molecular complexity index is 1140. The van der Waals surface area contributed by atoms with Crippen LogP contribution in [0.1, 0.15) is 30.8 Å². The molecule has 1 aromatic heterocycles. The van der Waals surface area contributed by atoms with E-state index in [2.05, 4.69) is 10.2 Å². The summed E-state index contributed by atoms with van der Waals surface area (Å²) in [5, 5.41) is 8.17. The number of aryl methyl sites for hydroxylation is 1. The van der Waals surface area contributed by atoms with Crippen LogP contribution < -0.4 is 18.9 Å². The highest BCUT2D eigenvalue weighted by molar-refractivity contribution is 5.76. The van der Waals surface area contributed by atoms with Crippen LogP contribution in [0, 0.1) is 0 Å². The van der Waals surface area contributed by atoms with E-state index in [1.807, 2.05) is 31.2 Å². The van der Waals surface area contributed by atoms with Crippen molar-refractivity contribution in [1.29, 1.82) is 0 Å². The molecule has 1 amide bonds. The third-order valence-electron chi connectivity index (χ3n) is 5.66. The first-order valence-electron chi connectivity index (χ1n) is 10.5. The van der Waals surface area contributed by atoms with Crippen LogP contribution in [0.2, 0.25) is 0 Å². The van der Waals surface area contributed by atoms with Crippen LogP contribution in [0.3, 0.4) is 0 Å². The van der Waals surface area contributed by atoms with E-state index in [9.17, 15) is 4.79 Å². The molecule has 0 spiro atoms.